The lowest BCUT2D eigenvalue weighted by molar-refractivity contribution is 0.142. The van der Waals surface area contributed by atoms with Crippen LogP contribution in [0.15, 0.2) is 0 Å². The summed E-state index contributed by atoms with van der Waals surface area (Å²) >= 11 is 0. The van der Waals surface area contributed by atoms with Gasteiger partial charge in [-0.25, -0.2) is 0 Å². The molecule has 84 valence electrons. The van der Waals surface area contributed by atoms with Gasteiger partial charge < -0.3 is 10.1 Å². The van der Waals surface area contributed by atoms with E-state index in [9.17, 15) is 0 Å². The molecule has 0 saturated heterocycles. The molecule has 0 aliphatic heterocycles. The van der Waals surface area contributed by atoms with Crippen LogP contribution in [0, 0.1) is 5.92 Å². The summed E-state index contributed by atoms with van der Waals surface area (Å²) in [6, 6.07) is 0.769. The van der Waals surface area contributed by atoms with Crippen LogP contribution in [0.25, 0.3) is 0 Å². The van der Waals surface area contributed by atoms with Crippen molar-refractivity contribution < 1.29 is 4.74 Å². The van der Waals surface area contributed by atoms with Gasteiger partial charge in [-0.15, -0.1) is 0 Å². The van der Waals surface area contributed by atoms with E-state index < -0.39 is 0 Å². The van der Waals surface area contributed by atoms with Crippen molar-refractivity contribution >= 4 is 0 Å². The standard InChI is InChI=1S/C12H25NO/c1-3-14-10-6-9-13-12-8-5-4-7-11(12)2/h11-13H,3-10H2,1-2H3/t11-,12+/m1/s1. The van der Waals surface area contributed by atoms with Crippen molar-refractivity contribution in [2.75, 3.05) is 19.8 Å². The third kappa shape index (κ3) is 4.43. The molecule has 1 N–H and O–H groups in total. The second-order valence-electron chi connectivity index (χ2n) is 4.37. The summed E-state index contributed by atoms with van der Waals surface area (Å²) in [6.45, 7) is 7.30. The molecule has 2 heteroatoms. The first-order valence-corrected chi connectivity index (χ1v) is 6.15. The molecular formula is C12H25NO. The van der Waals surface area contributed by atoms with Crippen molar-refractivity contribution in [3.8, 4) is 0 Å². The third-order valence-electron chi connectivity index (χ3n) is 3.19. The average Bonchev–Trinajstić information content (AvgIpc) is 2.20. The van der Waals surface area contributed by atoms with E-state index in [1.54, 1.807) is 0 Å². The third-order valence-corrected chi connectivity index (χ3v) is 3.19. The second-order valence-corrected chi connectivity index (χ2v) is 4.37. The fourth-order valence-corrected chi connectivity index (χ4v) is 2.23. The molecule has 0 unspecified atom stereocenters. The van der Waals surface area contributed by atoms with Gasteiger partial charge in [0, 0.05) is 19.3 Å². The summed E-state index contributed by atoms with van der Waals surface area (Å²) in [5, 5.41) is 3.65. The Kier molecular flexibility index (Phi) is 6.20. The van der Waals surface area contributed by atoms with Gasteiger partial charge in [-0.05, 0) is 38.6 Å². The van der Waals surface area contributed by atoms with Gasteiger partial charge in [-0.3, -0.25) is 0 Å². The van der Waals surface area contributed by atoms with E-state index >= 15 is 0 Å². The predicted octanol–water partition coefficient (Wildman–Crippen LogP) is 2.58. The van der Waals surface area contributed by atoms with Crippen molar-refractivity contribution in [3.05, 3.63) is 0 Å². The van der Waals surface area contributed by atoms with Crippen LogP contribution in [0.2, 0.25) is 0 Å². The minimum atomic E-state index is 0.769. The molecule has 0 aromatic carbocycles. The Morgan fingerprint density at radius 2 is 2.07 bits per heavy atom. The van der Waals surface area contributed by atoms with Crippen molar-refractivity contribution in [2.45, 2.75) is 52.0 Å². The monoisotopic (exact) mass is 199 g/mol. The molecule has 0 amide bonds. The summed E-state index contributed by atoms with van der Waals surface area (Å²) in [6.07, 6.45) is 6.77. The Morgan fingerprint density at radius 3 is 2.79 bits per heavy atom. The zero-order chi connectivity index (χ0) is 10.2. The smallest absolute Gasteiger partial charge is 0.0477 e. The molecule has 1 aliphatic rings. The summed E-state index contributed by atoms with van der Waals surface area (Å²) in [5.41, 5.74) is 0. The lowest BCUT2D eigenvalue weighted by atomic mass is 9.86. The molecule has 0 aromatic rings. The molecule has 2 atom stereocenters. The maximum Gasteiger partial charge on any atom is 0.0477 e. The fourth-order valence-electron chi connectivity index (χ4n) is 2.23. The Bertz CT molecular complexity index is 138. The van der Waals surface area contributed by atoms with Gasteiger partial charge in [0.25, 0.3) is 0 Å². The highest BCUT2D eigenvalue weighted by atomic mass is 16.5. The van der Waals surface area contributed by atoms with Gasteiger partial charge in [-0.2, -0.15) is 0 Å². The van der Waals surface area contributed by atoms with Crippen LogP contribution < -0.4 is 5.32 Å². The predicted molar refractivity (Wildman–Crippen MR) is 60.5 cm³/mol. The first-order valence-electron chi connectivity index (χ1n) is 6.15. The van der Waals surface area contributed by atoms with Crippen molar-refractivity contribution in [1.82, 2.24) is 5.32 Å². The molecule has 0 aromatic heterocycles. The van der Waals surface area contributed by atoms with E-state index in [2.05, 4.69) is 19.2 Å². The number of hydrogen-bond acceptors (Lipinski definition) is 2. The highest BCUT2D eigenvalue weighted by Crippen LogP contribution is 2.23. The minimum absolute atomic E-state index is 0.769. The molecule has 0 spiro atoms. The minimum Gasteiger partial charge on any atom is -0.382 e. The van der Waals surface area contributed by atoms with E-state index in [4.69, 9.17) is 4.74 Å². The van der Waals surface area contributed by atoms with Crippen LogP contribution in [0.1, 0.15) is 46.0 Å². The number of hydrogen-bond donors (Lipinski definition) is 1. The summed E-state index contributed by atoms with van der Waals surface area (Å²) in [5.74, 6) is 0.871. The van der Waals surface area contributed by atoms with Crippen molar-refractivity contribution in [1.29, 1.82) is 0 Å². The molecule has 1 rings (SSSR count). The normalized spacial score (nSPS) is 27.9. The van der Waals surface area contributed by atoms with E-state index in [1.807, 2.05) is 0 Å². The quantitative estimate of drug-likeness (QED) is 0.664. The van der Waals surface area contributed by atoms with Crippen LogP contribution >= 0.6 is 0 Å². The fraction of sp³-hybridized carbons (Fsp3) is 1.00. The van der Waals surface area contributed by atoms with Crippen LogP contribution in [0.3, 0.4) is 0 Å². The average molecular weight is 199 g/mol. The zero-order valence-electron chi connectivity index (χ0n) is 9.72. The van der Waals surface area contributed by atoms with Gasteiger partial charge in [0.2, 0.25) is 0 Å². The molecule has 2 nitrogen and oxygen atoms in total. The van der Waals surface area contributed by atoms with Crippen molar-refractivity contribution in [2.24, 2.45) is 5.92 Å². The van der Waals surface area contributed by atoms with Gasteiger partial charge in [0.1, 0.15) is 0 Å². The van der Waals surface area contributed by atoms with Crippen molar-refractivity contribution in [3.63, 3.8) is 0 Å². The lowest BCUT2D eigenvalue weighted by Gasteiger charge is -2.29. The summed E-state index contributed by atoms with van der Waals surface area (Å²) in [7, 11) is 0. The number of ether oxygens (including phenoxy) is 1. The van der Waals surface area contributed by atoms with Crippen LogP contribution in [-0.4, -0.2) is 25.8 Å². The highest BCUT2D eigenvalue weighted by molar-refractivity contribution is 4.77. The molecule has 1 fully saturated rings. The first-order chi connectivity index (χ1) is 6.84. The Morgan fingerprint density at radius 1 is 1.29 bits per heavy atom. The summed E-state index contributed by atoms with van der Waals surface area (Å²) in [4.78, 5) is 0. The lowest BCUT2D eigenvalue weighted by Crippen LogP contribution is -2.37. The molecule has 0 bridgehead atoms. The van der Waals surface area contributed by atoms with Gasteiger partial charge >= 0.3 is 0 Å². The number of rotatable bonds is 6. The largest absolute Gasteiger partial charge is 0.382 e. The Hall–Kier alpha value is -0.0800. The van der Waals surface area contributed by atoms with E-state index in [0.717, 1.165) is 38.1 Å². The molecule has 1 aliphatic carbocycles. The van der Waals surface area contributed by atoms with Crippen LogP contribution in [-0.2, 0) is 4.74 Å². The molecule has 1 saturated carbocycles. The van der Waals surface area contributed by atoms with Crippen LogP contribution in [0.5, 0.6) is 0 Å². The maximum absolute atomic E-state index is 5.31. The van der Waals surface area contributed by atoms with Gasteiger partial charge in [0.15, 0.2) is 0 Å². The van der Waals surface area contributed by atoms with Gasteiger partial charge in [-0.1, -0.05) is 19.8 Å². The molecule has 14 heavy (non-hydrogen) atoms. The van der Waals surface area contributed by atoms with E-state index in [1.165, 1.54) is 25.7 Å². The topological polar surface area (TPSA) is 21.3 Å². The maximum atomic E-state index is 5.31. The SMILES string of the molecule is CCOCCCN[C@H]1CCCC[C@H]1C. The van der Waals surface area contributed by atoms with Crippen LogP contribution in [0.4, 0.5) is 0 Å². The number of nitrogens with one attached hydrogen (secondary N) is 1. The second kappa shape index (κ2) is 7.24. The van der Waals surface area contributed by atoms with E-state index in [0.29, 0.717) is 0 Å². The Balaban J connectivity index is 1.99. The molecule has 0 heterocycles. The highest BCUT2D eigenvalue weighted by Gasteiger charge is 2.19. The Labute approximate surface area is 88.4 Å². The molecular weight excluding hydrogens is 174 g/mol. The van der Waals surface area contributed by atoms with Gasteiger partial charge in [0.05, 0.1) is 0 Å². The first kappa shape index (κ1) is 12.0. The summed E-state index contributed by atoms with van der Waals surface area (Å²) < 4.78 is 5.31. The van der Waals surface area contributed by atoms with E-state index in [-0.39, 0.29) is 0 Å². The molecule has 0 radical (unpaired) electrons. The zero-order valence-corrected chi connectivity index (χ0v) is 9.72.